The Balaban J connectivity index is 1.28. The van der Waals surface area contributed by atoms with Gasteiger partial charge < -0.3 is 19.7 Å². The molecule has 2 N–H and O–H groups in total. The summed E-state index contributed by atoms with van der Waals surface area (Å²) in [5.41, 5.74) is 4.79. The molecule has 6 aromatic rings. The third kappa shape index (κ3) is 9.64. The summed E-state index contributed by atoms with van der Waals surface area (Å²) in [6, 6.07) is 32.5. The standard InChI is InChI=1S/C46H46Cl2N4O6/c1-45(2,43(53)54)21-19-35-25-41(31-13-10-17-38(24-31)58-5)52(49-35)29-34-15-8-14-32(42(34)48)27-46(3,44(55)56)22-20-36-26-40(30-12-9-16-37(23-30)57-4)51(50-36)28-33-11-6-7-18-39(33)47/h6-19,21,23-26H,20,22,27-29H2,1-5H3,(H,53,54)(H,55,56)/b21-19+. The zero-order chi connectivity index (χ0) is 41.6. The first-order valence-corrected chi connectivity index (χ1v) is 19.5. The molecule has 58 heavy (non-hydrogen) atoms. The Morgan fingerprint density at radius 2 is 1.28 bits per heavy atom. The number of carboxylic acids is 2. The van der Waals surface area contributed by atoms with Crippen LogP contribution >= 0.6 is 23.2 Å². The van der Waals surface area contributed by atoms with Crippen molar-refractivity contribution in [2.24, 2.45) is 10.8 Å². The average molecular weight is 822 g/mol. The van der Waals surface area contributed by atoms with Crippen LogP contribution in [-0.2, 0) is 35.5 Å². The van der Waals surface area contributed by atoms with Gasteiger partial charge in [0.15, 0.2) is 0 Å². The molecular formula is C46H46Cl2N4O6. The van der Waals surface area contributed by atoms with E-state index < -0.39 is 22.8 Å². The predicted octanol–water partition coefficient (Wildman–Crippen LogP) is 10.2. The Morgan fingerprint density at radius 1 is 0.707 bits per heavy atom. The molecule has 300 valence electrons. The number of rotatable bonds is 17. The lowest BCUT2D eigenvalue weighted by Crippen LogP contribution is -2.31. The van der Waals surface area contributed by atoms with Crippen LogP contribution in [0.1, 0.15) is 55.3 Å². The molecule has 0 amide bonds. The molecule has 0 spiro atoms. The molecule has 0 aliphatic carbocycles. The van der Waals surface area contributed by atoms with Crippen molar-refractivity contribution in [3.8, 4) is 34.0 Å². The van der Waals surface area contributed by atoms with Gasteiger partial charge in [-0.3, -0.25) is 19.0 Å². The quantitative estimate of drug-likeness (QED) is 0.0931. The molecule has 12 heteroatoms. The Hall–Kier alpha value is -5.84. The molecule has 2 aromatic heterocycles. The fourth-order valence-electron chi connectivity index (χ4n) is 6.68. The summed E-state index contributed by atoms with van der Waals surface area (Å²) in [7, 11) is 3.22. The number of aromatic nitrogens is 4. The van der Waals surface area contributed by atoms with Crippen molar-refractivity contribution >= 4 is 41.2 Å². The van der Waals surface area contributed by atoms with E-state index >= 15 is 0 Å². The van der Waals surface area contributed by atoms with E-state index in [9.17, 15) is 19.8 Å². The summed E-state index contributed by atoms with van der Waals surface area (Å²) < 4.78 is 14.7. The number of benzene rings is 4. The van der Waals surface area contributed by atoms with Gasteiger partial charge in [0, 0.05) is 21.2 Å². The highest BCUT2D eigenvalue weighted by Crippen LogP contribution is 2.35. The van der Waals surface area contributed by atoms with Crippen LogP contribution in [0.4, 0.5) is 0 Å². The molecule has 6 rings (SSSR count). The minimum atomic E-state index is -1.18. The summed E-state index contributed by atoms with van der Waals surface area (Å²) in [5, 5.41) is 31.2. The fraction of sp³-hybridized carbons (Fsp3) is 0.261. The molecule has 2 heterocycles. The average Bonchev–Trinajstić information content (AvgIpc) is 3.82. The van der Waals surface area contributed by atoms with E-state index in [0.717, 1.165) is 39.3 Å². The molecule has 0 bridgehead atoms. The first-order valence-electron chi connectivity index (χ1n) is 18.8. The normalized spacial score (nSPS) is 12.7. The molecule has 0 saturated heterocycles. The van der Waals surface area contributed by atoms with Crippen LogP contribution < -0.4 is 9.47 Å². The molecule has 0 fully saturated rings. The van der Waals surface area contributed by atoms with E-state index in [1.165, 1.54) is 0 Å². The first-order chi connectivity index (χ1) is 27.7. The summed E-state index contributed by atoms with van der Waals surface area (Å²) in [5.74, 6) is -0.505. The highest BCUT2D eigenvalue weighted by Gasteiger charge is 2.34. The number of ether oxygens (including phenoxy) is 2. The highest BCUT2D eigenvalue weighted by atomic mass is 35.5. The number of nitrogens with zero attached hydrogens (tertiary/aromatic N) is 4. The van der Waals surface area contributed by atoms with Gasteiger partial charge in [-0.15, -0.1) is 0 Å². The van der Waals surface area contributed by atoms with Crippen LogP contribution in [0, 0.1) is 10.8 Å². The van der Waals surface area contributed by atoms with Gasteiger partial charge in [0.1, 0.15) is 11.5 Å². The lowest BCUT2D eigenvalue weighted by molar-refractivity contribution is -0.148. The van der Waals surface area contributed by atoms with E-state index in [2.05, 4.69) is 0 Å². The van der Waals surface area contributed by atoms with Gasteiger partial charge in [-0.2, -0.15) is 10.2 Å². The largest absolute Gasteiger partial charge is 0.497 e. The van der Waals surface area contributed by atoms with Gasteiger partial charge in [-0.05, 0) is 105 Å². The molecule has 0 aliphatic rings. The molecule has 0 radical (unpaired) electrons. The number of hydrogen-bond acceptors (Lipinski definition) is 6. The summed E-state index contributed by atoms with van der Waals surface area (Å²) >= 11 is 13.7. The smallest absolute Gasteiger partial charge is 0.312 e. The number of aliphatic carboxylic acids is 2. The highest BCUT2D eigenvalue weighted by molar-refractivity contribution is 6.32. The molecule has 1 atom stereocenters. The second-order valence-electron chi connectivity index (χ2n) is 15.1. The van der Waals surface area contributed by atoms with Crippen molar-refractivity contribution in [2.45, 2.75) is 53.1 Å². The van der Waals surface area contributed by atoms with E-state index in [4.69, 9.17) is 42.9 Å². The van der Waals surface area contributed by atoms with Crippen molar-refractivity contribution in [3.63, 3.8) is 0 Å². The minimum absolute atomic E-state index is 0.179. The van der Waals surface area contributed by atoms with Crippen molar-refractivity contribution < 1.29 is 29.3 Å². The molecule has 1 unspecified atom stereocenters. The van der Waals surface area contributed by atoms with Crippen molar-refractivity contribution in [3.05, 3.63) is 147 Å². The van der Waals surface area contributed by atoms with Gasteiger partial charge in [0.25, 0.3) is 0 Å². The molecule has 0 aliphatic heterocycles. The third-order valence-electron chi connectivity index (χ3n) is 10.4. The fourth-order valence-corrected chi connectivity index (χ4v) is 7.13. The summed E-state index contributed by atoms with van der Waals surface area (Å²) in [4.78, 5) is 24.8. The van der Waals surface area contributed by atoms with Crippen LogP contribution in [0.2, 0.25) is 10.0 Å². The molecule has 0 saturated carbocycles. The number of halogens is 2. The predicted molar refractivity (Wildman–Crippen MR) is 228 cm³/mol. The Bertz CT molecular complexity index is 2470. The van der Waals surface area contributed by atoms with Crippen molar-refractivity contribution in [1.82, 2.24) is 19.6 Å². The lowest BCUT2D eigenvalue weighted by atomic mass is 9.79. The minimum Gasteiger partial charge on any atom is -0.497 e. The Kier molecular flexibility index (Phi) is 12.8. The van der Waals surface area contributed by atoms with Gasteiger partial charge >= 0.3 is 11.9 Å². The maximum Gasteiger partial charge on any atom is 0.312 e. The van der Waals surface area contributed by atoms with Gasteiger partial charge in [0.05, 0.1) is 60.9 Å². The summed E-state index contributed by atoms with van der Waals surface area (Å²) in [6.45, 7) is 5.69. The monoisotopic (exact) mass is 820 g/mol. The van der Waals surface area contributed by atoms with E-state index in [0.29, 0.717) is 52.2 Å². The van der Waals surface area contributed by atoms with E-state index in [1.807, 2.05) is 112 Å². The molecular weight excluding hydrogens is 775 g/mol. The van der Waals surface area contributed by atoms with Crippen LogP contribution in [0.25, 0.3) is 28.6 Å². The second-order valence-corrected chi connectivity index (χ2v) is 15.9. The third-order valence-corrected chi connectivity index (χ3v) is 11.2. The zero-order valence-corrected chi connectivity index (χ0v) is 34.6. The Morgan fingerprint density at radius 3 is 1.90 bits per heavy atom. The van der Waals surface area contributed by atoms with Crippen LogP contribution in [-0.4, -0.2) is 55.9 Å². The number of aryl methyl sites for hydroxylation is 1. The number of hydrogen-bond donors (Lipinski definition) is 2. The molecule has 10 nitrogen and oxygen atoms in total. The maximum absolute atomic E-state index is 13.0. The SMILES string of the molecule is COc1cccc(-c2cc(/C=C/C(C)(C)C(=O)O)nn2Cc2cccc(CC(C)(CCc3cc(-c4cccc(OC)c4)n(Cc4ccccc4Cl)n3)C(=O)O)c2Cl)c1. The van der Waals surface area contributed by atoms with Crippen LogP contribution in [0.3, 0.4) is 0 Å². The number of methoxy groups -OCH3 is 2. The van der Waals surface area contributed by atoms with Crippen molar-refractivity contribution in [2.75, 3.05) is 14.2 Å². The van der Waals surface area contributed by atoms with Crippen LogP contribution in [0.15, 0.2) is 109 Å². The summed E-state index contributed by atoms with van der Waals surface area (Å²) in [6.07, 6.45) is 4.19. The first kappa shape index (κ1) is 41.8. The van der Waals surface area contributed by atoms with Gasteiger partial charge in [-0.1, -0.05) is 89.9 Å². The van der Waals surface area contributed by atoms with Gasteiger partial charge in [-0.25, -0.2) is 0 Å². The Labute approximate surface area is 348 Å². The number of carbonyl (C=O) groups is 2. The van der Waals surface area contributed by atoms with Crippen LogP contribution in [0.5, 0.6) is 11.5 Å². The van der Waals surface area contributed by atoms with E-state index in [1.54, 1.807) is 47.1 Å². The van der Waals surface area contributed by atoms with Crippen molar-refractivity contribution in [1.29, 1.82) is 0 Å². The molecule has 4 aromatic carbocycles. The zero-order valence-electron chi connectivity index (χ0n) is 33.1. The van der Waals surface area contributed by atoms with Gasteiger partial charge in [0.2, 0.25) is 0 Å². The topological polar surface area (TPSA) is 129 Å². The lowest BCUT2D eigenvalue weighted by Gasteiger charge is -2.25. The number of carboxylic acid groups (broad SMARTS) is 2. The second kappa shape index (κ2) is 17.7. The maximum atomic E-state index is 13.0. The van der Waals surface area contributed by atoms with E-state index in [-0.39, 0.29) is 13.0 Å².